The van der Waals surface area contributed by atoms with E-state index in [-0.39, 0.29) is 5.12 Å². The third-order valence-electron chi connectivity index (χ3n) is 1.36. The lowest BCUT2D eigenvalue weighted by molar-refractivity contribution is -0.105. The number of thioether (sulfide) groups is 1. The average Bonchev–Trinajstić information content (AvgIpc) is 1.88. The molecule has 1 rings (SSSR count). The van der Waals surface area contributed by atoms with Gasteiger partial charge >= 0.3 is 0 Å². The predicted octanol–water partition coefficient (Wildman–Crippen LogP) is 1.36. The molecule has 0 unspecified atom stereocenters. The standard InChI is InChI=1S/C7H11NOS/c1-5(2)6-7(9)10-4-3-8-6/h5H,3-4H2,1-2H3. The summed E-state index contributed by atoms with van der Waals surface area (Å²) in [6.07, 6.45) is 0. The van der Waals surface area contributed by atoms with Crippen molar-refractivity contribution in [3.63, 3.8) is 0 Å². The van der Waals surface area contributed by atoms with Gasteiger partial charge in [0.15, 0.2) is 0 Å². The van der Waals surface area contributed by atoms with E-state index in [2.05, 4.69) is 4.99 Å². The predicted molar refractivity (Wildman–Crippen MR) is 44.6 cm³/mol. The van der Waals surface area contributed by atoms with E-state index in [1.165, 1.54) is 11.8 Å². The van der Waals surface area contributed by atoms with Gasteiger partial charge in [0.1, 0.15) is 0 Å². The Morgan fingerprint density at radius 2 is 2.30 bits per heavy atom. The van der Waals surface area contributed by atoms with Crippen molar-refractivity contribution in [1.82, 2.24) is 0 Å². The van der Waals surface area contributed by atoms with Crippen LogP contribution in [0, 0.1) is 5.92 Å². The smallest absolute Gasteiger partial charge is 0.233 e. The zero-order chi connectivity index (χ0) is 7.56. The summed E-state index contributed by atoms with van der Waals surface area (Å²) in [6, 6.07) is 0. The van der Waals surface area contributed by atoms with Crippen LogP contribution in [0.3, 0.4) is 0 Å². The van der Waals surface area contributed by atoms with Gasteiger partial charge in [-0.1, -0.05) is 25.6 Å². The van der Waals surface area contributed by atoms with E-state index in [4.69, 9.17) is 0 Å². The number of hydrogen-bond acceptors (Lipinski definition) is 3. The van der Waals surface area contributed by atoms with Crippen molar-refractivity contribution in [2.75, 3.05) is 12.3 Å². The molecule has 0 bridgehead atoms. The molecule has 3 heteroatoms. The van der Waals surface area contributed by atoms with Crippen molar-refractivity contribution in [1.29, 1.82) is 0 Å². The SMILES string of the molecule is CC(C)C1=NCCSC1=O. The quantitative estimate of drug-likeness (QED) is 0.575. The fourth-order valence-corrected chi connectivity index (χ4v) is 1.68. The molecule has 56 valence electrons. The van der Waals surface area contributed by atoms with Crippen LogP contribution in [0.4, 0.5) is 0 Å². The highest BCUT2D eigenvalue weighted by atomic mass is 32.2. The lowest BCUT2D eigenvalue weighted by Crippen LogP contribution is -2.22. The molecule has 0 spiro atoms. The fraction of sp³-hybridized carbons (Fsp3) is 0.714. The van der Waals surface area contributed by atoms with E-state index in [9.17, 15) is 4.79 Å². The molecule has 0 amide bonds. The van der Waals surface area contributed by atoms with Gasteiger partial charge in [0.25, 0.3) is 0 Å². The number of hydrogen-bond donors (Lipinski definition) is 0. The molecule has 1 aliphatic rings. The van der Waals surface area contributed by atoms with E-state index in [0.29, 0.717) is 5.92 Å². The minimum Gasteiger partial charge on any atom is -0.284 e. The molecule has 0 radical (unpaired) electrons. The van der Waals surface area contributed by atoms with Crippen molar-refractivity contribution in [2.45, 2.75) is 13.8 Å². The zero-order valence-electron chi connectivity index (χ0n) is 6.26. The number of carbonyl (C=O) groups is 1. The average molecular weight is 157 g/mol. The van der Waals surface area contributed by atoms with Crippen molar-refractivity contribution >= 4 is 22.6 Å². The van der Waals surface area contributed by atoms with Gasteiger partial charge in [-0.3, -0.25) is 9.79 Å². The first-order valence-corrected chi connectivity index (χ1v) is 4.42. The Balaban J connectivity index is 2.71. The molecule has 1 aliphatic heterocycles. The maximum absolute atomic E-state index is 11.1. The monoisotopic (exact) mass is 157 g/mol. The van der Waals surface area contributed by atoms with E-state index in [1.54, 1.807) is 0 Å². The molecule has 2 nitrogen and oxygen atoms in total. The molecular formula is C7H11NOS. The maximum Gasteiger partial charge on any atom is 0.233 e. The first-order valence-electron chi connectivity index (χ1n) is 3.43. The minimum absolute atomic E-state index is 0.168. The van der Waals surface area contributed by atoms with Crippen molar-refractivity contribution in [3.8, 4) is 0 Å². The van der Waals surface area contributed by atoms with Gasteiger partial charge in [0, 0.05) is 12.3 Å². The van der Waals surface area contributed by atoms with Crippen LogP contribution in [0.5, 0.6) is 0 Å². The first kappa shape index (κ1) is 7.79. The second-order valence-electron chi connectivity index (χ2n) is 2.56. The molecule has 0 atom stereocenters. The second-order valence-corrected chi connectivity index (χ2v) is 3.63. The van der Waals surface area contributed by atoms with Crippen LogP contribution >= 0.6 is 11.8 Å². The molecule has 0 aromatic rings. The Morgan fingerprint density at radius 1 is 1.60 bits per heavy atom. The Bertz CT molecular complexity index is 174. The first-order chi connectivity index (χ1) is 4.72. The van der Waals surface area contributed by atoms with Gasteiger partial charge in [-0.25, -0.2) is 0 Å². The van der Waals surface area contributed by atoms with Crippen LogP contribution in [-0.4, -0.2) is 23.1 Å². The van der Waals surface area contributed by atoms with Crippen LogP contribution in [0.25, 0.3) is 0 Å². The molecule has 0 N–H and O–H groups in total. The Kier molecular flexibility index (Phi) is 2.49. The lowest BCUT2D eigenvalue weighted by atomic mass is 10.1. The summed E-state index contributed by atoms with van der Waals surface area (Å²) in [5, 5.41) is 0.168. The van der Waals surface area contributed by atoms with Gasteiger partial charge in [0.2, 0.25) is 5.12 Å². The second kappa shape index (κ2) is 3.19. The van der Waals surface area contributed by atoms with Gasteiger partial charge in [-0.2, -0.15) is 0 Å². The molecule has 0 aromatic carbocycles. The largest absolute Gasteiger partial charge is 0.284 e. The normalized spacial score (nSPS) is 19.5. The van der Waals surface area contributed by atoms with Crippen LogP contribution in [0.1, 0.15) is 13.8 Å². The van der Waals surface area contributed by atoms with Crippen LogP contribution in [-0.2, 0) is 4.79 Å². The minimum atomic E-state index is 0.168. The molecule has 0 aliphatic carbocycles. The van der Waals surface area contributed by atoms with Crippen molar-refractivity contribution in [2.24, 2.45) is 10.9 Å². The summed E-state index contributed by atoms with van der Waals surface area (Å²) in [7, 11) is 0. The Labute approximate surface area is 65.1 Å². The highest BCUT2D eigenvalue weighted by Crippen LogP contribution is 2.13. The lowest BCUT2D eigenvalue weighted by Gasteiger charge is -2.12. The Morgan fingerprint density at radius 3 is 2.70 bits per heavy atom. The summed E-state index contributed by atoms with van der Waals surface area (Å²) < 4.78 is 0. The molecule has 0 saturated carbocycles. The summed E-state index contributed by atoms with van der Waals surface area (Å²) in [5.41, 5.74) is 0.760. The van der Waals surface area contributed by atoms with Gasteiger partial charge in [-0.05, 0) is 5.92 Å². The van der Waals surface area contributed by atoms with E-state index >= 15 is 0 Å². The fourth-order valence-electron chi connectivity index (χ4n) is 0.861. The summed E-state index contributed by atoms with van der Waals surface area (Å²) in [4.78, 5) is 15.2. The summed E-state index contributed by atoms with van der Waals surface area (Å²) in [5.74, 6) is 1.15. The number of aliphatic imine (C=N–C) groups is 1. The topological polar surface area (TPSA) is 29.4 Å². The van der Waals surface area contributed by atoms with Crippen molar-refractivity contribution < 1.29 is 4.79 Å². The summed E-state index contributed by atoms with van der Waals surface area (Å²) in [6.45, 7) is 4.81. The van der Waals surface area contributed by atoms with Crippen LogP contribution in [0.15, 0.2) is 4.99 Å². The number of carbonyl (C=O) groups excluding carboxylic acids is 1. The molecular weight excluding hydrogens is 146 g/mol. The third-order valence-corrected chi connectivity index (χ3v) is 2.22. The molecule has 0 aromatic heterocycles. The van der Waals surface area contributed by atoms with Gasteiger partial charge in [0.05, 0.1) is 5.71 Å². The van der Waals surface area contributed by atoms with Gasteiger partial charge in [-0.15, -0.1) is 0 Å². The van der Waals surface area contributed by atoms with E-state index in [1.807, 2.05) is 13.8 Å². The van der Waals surface area contributed by atoms with Crippen LogP contribution in [0.2, 0.25) is 0 Å². The zero-order valence-corrected chi connectivity index (χ0v) is 7.07. The number of nitrogens with zero attached hydrogens (tertiary/aromatic N) is 1. The van der Waals surface area contributed by atoms with E-state index < -0.39 is 0 Å². The number of rotatable bonds is 1. The van der Waals surface area contributed by atoms with Crippen LogP contribution < -0.4 is 0 Å². The molecule has 0 saturated heterocycles. The maximum atomic E-state index is 11.1. The molecule has 10 heavy (non-hydrogen) atoms. The third kappa shape index (κ3) is 1.59. The molecule has 0 fully saturated rings. The van der Waals surface area contributed by atoms with E-state index in [0.717, 1.165) is 18.0 Å². The Hall–Kier alpha value is -0.310. The molecule has 1 heterocycles. The highest BCUT2D eigenvalue weighted by Gasteiger charge is 2.18. The van der Waals surface area contributed by atoms with Gasteiger partial charge < -0.3 is 0 Å². The van der Waals surface area contributed by atoms with Crippen molar-refractivity contribution in [3.05, 3.63) is 0 Å². The summed E-state index contributed by atoms with van der Waals surface area (Å²) >= 11 is 1.38. The highest BCUT2D eigenvalue weighted by molar-refractivity contribution is 8.15.